The second-order valence-corrected chi connectivity index (χ2v) is 9.81. The second kappa shape index (κ2) is 9.78. The molecule has 10 heteroatoms. The van der Waals surface area contributed by atoms with E-state index in [4.69, 9.17) is 16.3 Å². The highest BCUT2D eigenvalue weighted by atomic mass is 35.5. The van der Waals surface area contributed by atoms with E-state index in [1.54, 1.807) is 54.7 Å². The molecule has 2 heterocycles. The summed E-state index contributed by atoms with van der Waals surface area (Å²) < 4.78 is 32.8. The van der Waals surface area contributed by atoms with Gasteiger partial charge in [-0.25, -0.2) is 13.4 Å². The van der Waals surface area contributed by atoms with Crippen LogP contribution < -0.4 is 14.5 Å². The monoisotopic (exact) mass is 486 g/mol. The molecule has 1 fully saturated rings. The van der Waals surface area contributed by atoms with Crippen molar-refractivity contribution in [3.05, 3.63) is 77.4 Å². The van der Waals surface area contributed by atoms with E-state index in [0.717, 1.165) is 4.31 Å². The highest BCUT2D eigenvalue weighted by molar-refractivity contribution is 7.92. The average Bonchev–Trinajstić information content (AvgIpc) is 2.84. The number of carbonyl (C=O) groups excluding carboxylic acids is 1. The molecule has 1 N–H and O–H groups in total. The van der Waals surface area contributed by atoms with Crippen molar-refractivity contribution in [2.24, 2.45) is 0 Å². The molecule has 0 atom stereocenters. The Kier molecular flexibility index (Phi) is 6.83. The molecule has 0 spiro atoms. The first-order valence-electron chi connectivity index (χ1n) is 10.3. The van der Waals surface area contributed by atoms with E-state index in [-0.39, 0.29) is 10.5 Å². The number of pyridine rings is 1. The van der Waals surface area contributed by atoms with E-state index in [1.165, 1.54) is 19.2 Å². The van der Waals surface area contributed by atoms with Gasteiger partial charge in [-0.2, -0.15) is 0 Å². The van der Waals surface area contributed by atoms with Crippen molar-refractivity contribution in [1.29, 1.82) is 0 Å². The summed E-state index contributed by atoms with van der Waals surface area (Å²) in [7, 11) is -2.46. The number of halogens is 1. The number of hydrogen-bond donors (Lipinski definition) is 1. The van der Waals surface area contributed by atoms with E-state index in [0.29, 0.717) is 48.5 Å². The van der Waals surface area contributed by atoms with Crippen molar-refractivity contribution < 1.29 is 17.9 Å². The molecule has 1 aliphatic rings. The van der Waals surface area contributed by atoms with Gasteiger partial charge in [0.15, 0.2) is 5.82 Å². The van der Waals surface area contributed by atoms with E-state index < -0.39 is 15.9 Å². The van der Waals surface area contributed by atoms with E-state index in [2.05, 4.69) is 10.3 Å². The number of aromatic nitrogens is 1. The maximum absolute atomic E-state index is 13.2. The van der Waals surface area contributed by atoms with Gasteiger partial charge in [0, 0.05) is 36.9 Å². The summed E-state index contributed by atoms with van der Waals surface area (Å²) >= 11 is 6.01. The van der Waals surface area contributed by atoms with Crippen molar-refractivity contribution in [2.45, 2.75) is 4.90 Å². The maximum Gasteiger partial charge on any atom is 0.264 e. The van der Waals surface area contributed by atoms with E-state index in [1.807, 2.05) is 4.90 Å². The molecular formula is C23H23ClN4O4S. The van der Waals surface area contributed by atoms with Crippen LogP contribution in [-0.2, 0) is 14.8 Å². The Bertz CT molecular complexity index is 1260. The molecule has 1 amide bonds. The lowest BCUT2D eigenvalue weighted by atomic mass is 10.2. The van der Waals surface area contributed by atoms with Crippen LogP contribution in [0.5, 0.6) is 0 Å². The predicted octanol–water partition coefficient (Wildman–Crippen LogP) is 3.65. The quantitative estimate of drug-likeness (QED) is 0.571. The number of nitrogens with zero attached hydrogens (tertiary/aromatic N) is 3. The molecule has 2 aromatic carbocycles. The molecule has 0 bridgehead atoms. The number of rotatable bonds is 6. The summed E-state index contributed by atoms with van der Waals surface area (Å²) in [5.41, 5.74) is 1.18. The fraction of sp³-hybridized carbons (Fsp3) is 0.217. The minimum absolute atomic E-state index is 0.00258. The standard InChI is InChI=1S/C23H23ClN4O4S/c1-27(19-7-3-6-18(24)16-19)33(30,31)20-8-2-5-17(15-20)23(29)26-21-9-4-10-25-22(21)28-11-13-32-14-12-28/h2-10,15-16H,11-14H2,1H3,(H,26,29). The smallest absolute Gasteiger partial charge is 0.264 e. The number of benzene rings is 2. The van der Waals surface area contributed by atoms with Gasteiger partial charge in [0.25, 0.3) is 15.9 Å². The minimum Gasteiger partial charge on any atom is -0.378 e. The number of ether oxygens (including phenoxy) is 1. The predicted molar refractivity (Wildman–Crippen MR) is 129 cm³/mol. The number of nitrogens with one attached hydrogen (secondary N) is 1. The maximum atomic E-state index is 13.2. The van der Waals surface area contributed by atoms with Crippen LogP contribution in [0.2, 0.25) is 5.02 Å². The summed E-state index contributed by atoms with van der Waals surface area (Å²) in [6.45, 7) is 2.51. The van der Waals surface area contributed by atoms with E-state index in [9.17, 15) is 13.2 Å². The van der Waals surface area contributed by atoms with Gasteiger partial charge in [-0.3, -0.25) is 9.10 Å². The topological polar surface area (TPSA) is 91.8 Å². The number of anilines is 3. The van der Waals surface area contributed by atoms with Crippen LogP contribution in [0.15, 0.2) is 71.8 Å². The second-order valence-electron chi connectivity index (χ2n) is 7.41. The molecular weight excluding hydrogens is 464 g/mol. The van der Waals surface area contributed by atoms with Gasteiger partial charge in [0.1, 0.15) is 0 Å². The van der Waals surface area contributed by atoms with Crippen molar-refractivity contribution in [2.75, 3.05) is 47.9 Å². The average molecular weight is 487 g/mol. The Morgan fingerprint density at radius 2 is 1.85 bits per heavy atom. The molecule has 4 rings (SSSR count). The van der Waals surface area contributed by atoms with Crippen molar-refractivity contribution >= 4 is 44.7 Å². The van der Waals surface area contributed by atoms with Gasteiger partial charge < -0.3 is 15.0 Å². The number of sulfonamides is 1. The first kappa shape index (κ1) is 23.0. The van der Waals surface area contributed by atoms with Crippen molar-refractivity contribution in [3.63, 3.8) is 0 Å². The third kappa shape index (κ3) is 5.11. The highest BCUT2D eigenvalue weighted by Gasteiger charge is 2.23. The molecule has 8 nitrogen and oxygen atoms in total. The normalized spacial score (nSPS) is 14.1. The lowest BCUT2D eigenvalue weighted by Crippen LogP contribution is -2.37. The zero-order chi connectivity index (χ0) is 23.4. The number of morpholine rings is 1. The highest BCUT2D eigenvalue weighted by Crippen LogP contribution is 2.27. The van der Waals surface area contributed by atoms with Crippen molar-refractivity contribution in [3.8, 4) is 0 Å². The number of hydrogen-bond acceptors (Lipinski definition) is 6. The Morgan fingerprint density at radius 3 is 2.61 bits per heavy atom. The van der Waals surface area contributed by atoms with Gasteiger partial charge in [0.05, 0.1) is 29.5 Å². The molecule has 1 aliphatic heterocycles. The summed E-state index contributed by atoms with van der Waals surface area (Å²) in [6.07, 6.45) is 1.67. The Labute approximate surface area is 197 Å². The number of carbonyl (C=O) groups is 1. The van der Waals surface area contributed by atoms with Crippen LogP contribution in [-0.4, -0.2) is 52.7 Å². The summed E-state index contributed by atoms with van der Waals surface area (Å²) in [6, 6.07) is 16.0. The fourth-order valence-electron chi connectivity index (χ4n) is 3.48. The molecule has 0 unspecified atom stereocenters. The SMILES string of the molecule is CN(c1cccc(Cl)c1)S(=O)(=O)c1cccc(C(=O)Nc2cccnc2N2CCOCC2)c1. The number of amides is 1. The summed E-state index contributed by atoms with van der Waals surface area (Å²) in [4.78, 5) is 19.5. The zero-order valence-corrected chi connectivity index (χ0v) is 19.5. The lowest BCUT2D eigenvalue weighted by Gasteiger charge is -2.29. The van der Waals surface area contributed by atoms with Crippen LogP contribution in [0, 0.1) is 0 Å². The van der Waals surface area contributed by atoms with Gasteiger partial charge in [-0.15, -0.1) is 0 Å². The van der Waals surface area contributed by atoms with Gasteiger partial charge in [-0.05, 0) is 48.5 Å². The first-order valence-corrected chi connectivity index (χ1v) is 12.1. The van der Waals surface area contributed by atoms with Gasteiger partial charge >= 0.3 is 0 Å². The summed E-state index contributed by atoms with van der Waals surface area (Å²) in [5, 5.41) is 3.29. The van der Waals surface area contributed by atoms with Crippen molar-refractivity contribution in [1.82, 2.24) is 4.98 Å². The third-order valence-corrected chi connectivity index (χ3v) is 7.29. The zero-order valence-electron chi connectivity index (χ0n) is 17.9. The Balaban J connectivity index is 1.58. The van der Waals surface area contributed by atoms with E-state index >= 15 is 0 Å². The van der Waals surface area contributed by atoms with Crippen LogP contribution >= 0.6 is 11.6 Å². The third-order valence-electron chi connectivity index (χ3n) is 5.27. The fourth-order valence-corrected chi connectivity index (χ4v) is 4.90. The van der Waals surface area contributed by atoms with Gasteiger partial charge in [0.2, 0.25) is 0 Å². The van der Waals surface area contributed by atoms with Gasteiger partial charge in [-0.1, -0.05) is 23.7 Å². The Morgan fingerprint density at radius 1 is 1.09 bits per heavy atom. The van der Waals surface area contributed by atoms with Crippen LogP contribution in [0.1, 0.15) is 10.4 Å². The van der Waals surface area contributed by atoms with Crippen LogP contribution in [0.25, 0.3) is 0 Å². The molecule has 1 saturated heterocycles. The first-order chi connectivity index (χ1) is 15.9. The molecule has 3 aromatic rings. The summed E-state index contributed by atoms with van der Waals surface area (Å²) in [5.74, 6) is 0.221. The molecule has 0 saturated carbocycles. The Hall–Kier alpha value is -3.14. The minimum atomic E-state index is -3.90. The van der Waals surface area contributed by atoms with Crippen LogP contribution in [0.3, 0.4) is 0 Å². The molecule has 0 radical (unpaired) electrons. The van der Waals surface area contributed by atoms with Crippen LogP contribution in [0.4, 0.5) is 17.2 Å². The molecule has 0 aliphatic carbocycles. The molecule has 1 aromatic heterocycles. The largest absolute Gasteiger partial charge is 0.378 e. The lowest BCUT2D eigenvalue weighted by molar-refractivity contribution is 0.102. The molecule has 172 valence electrons. The molecule has 33 heavy (non-hydrogen) atoms.